The Morgan fingerprint density at radius 2 is 1.95 bits per heavy atom. The van der Waals surface area contributed by atoms with E-state index in [9.17, 15) is 18.7 Å². The predicted octanol–water partition coefficient (Wildman–Crippen LogP) is 2.90. The molecule has 2 aromatic heterocycles. The average Bonchev–Trinajstić information content (AvgIpc) is 3.52. The van der Waals surface area contributed by atoms with Crippen LogP contribution in [0.3, 0.4) is 0 Å². The first-order chi connectivity index (χ1) is 18.3. The first-order valence-electron chi connectivity index (χ1n) is 12.7. The normalized spacial score (nSPS) is 20.4. The van der Waals surface area contributed by atoms with E-state index < -0.39 is 18.2 Å². The van der Waals surface area contributed by atoms with Crippen molar-refractivity contribution < 1.29 is 28.2 Å². The molecule has 3 aliphatic rings. The van der Waals surface area contributed by atoms with Crippen molar-refractivity contribution in [3.8, 4) is 11.3 Å². The third kappa shape index (κ3) is 4.55. The van der Waals surface area contributed by atoms with E-state index in [-0.39, 0.29) is 29.5 Å². The molecular weight excluding hydrogens is 496 g/mol. The van der Waals surface area contributed by atoms with Crippen molar-refractivity contribution >= 4 is 11.9 Å². The van der Waals surface area contributed by atoms with Crippen molar-refractivity contribution in [1.82, 2.24) is 19.4 Å². The molecule has 6 rings (SSSR count). The van der Waals surface area contributed by atoms with E-state index in [1.54, 1.807) is 11.1 Å². The van der Waals surface area contributed by atoms with Crippen LogP contribution < -0.4 is 5.32 Å². The molecule has 1 atom stereocenters. The van der Waals surface area contributed by atoms with Gasteiger partial charge in [0.25, 0.3) is 5.91 Å². The summed E-state index contributed by atoms with van der Waals surface area (Å²) in [4.78, 5) is 24.6. The van der Waals surface area contributed by atoms with Crippen LogP contribution in [0.1, 0.15) is 33.6 Å². The Morgan fingerprint density at radius 1 is 1.16 bits per heavy atom. The molecule has 1 aromatic carbocycles. The molecule has 9 nitrogen and oxygen atoms in total. The highest BCUT2D eigenvalue weighted by atomic mass is 19.2. The van der Waals surface area contributed by atoms with Crippen LogP contribution in [0.4, 0.5) is 14.7 Å². The number of aryl methyl sites for hydroxylation is 1. The third-order valence-electron chi connectivity index (χ3n) is 7.53. The first-order valence-corrected chi connectivity index (χ1v) is 12.7. The summed E-state index contributed by atoms with van der Waals surface area (Å²) in [7, 11) is 0. The SMILES string of the molecule is Cc1cnc(NC2CCOC2)nc1-c1cc2n(c1)CC1(COC1)CN(Cc1cc(F)c(F)cc1CO)C2=O. The number of carbonyl (C=O) groups is 1. The van der Waals surface area contributed by atoms with Gasteiger partial charge in [-0.05, 0) is 48.2 Å². The van der Waals surface area contributed by atoms with Gasteiger partial charge >= 0.3 is 0 Å². The van der Waals surface area contributed by atoms with Crippen LogP contribution in [0, 0.1) is 24.0 Å². The number of aliphatic hydroxyl groups is 1. The Labute approximate surface area is 218 Å². The average molecular weight is 526 g/mol. The van der Waals surface area contributed by atoms with Crippen LogP contribution in [0.2, 0.25) is 0 Å². The number of amides is 1. The second-order valence-corrected chi connectivity index (χ2v) is 10.5. The molecule has 2 N–H and O–H groups in total. The number of hydrogen-bond donors (Lipinski definition) is 2. The van der Waals surface area contributed by atoms with Gasteiger partial charge in [-0.25, -0.2) is 18.7 Å². The van der Waals surface area contributed by atoms with Gasteiger partial charge in [-0.1, -0.05) is 0 Å². The van der Waals surface area contributed by atoms with Crippen LogP contribution in [0.5, 0.6) is 0 Å². The minimum atomic E-state index is -1.03. The summed E-state index contributed by atoms with van der Waals surface area (Å²) < 4.78 is 40.8. The number of fused-ring (bicyclic) bond motifs is 1. The molecule has 1 unspecified atom stereocenters. The van der Waals surface area contributed by atoms with E-state index in [1.807, 2.05) is 23.8 Å². The fourth-order valence-electron chi connectivity index (χ4n) is 5.46. The summed E-state index contributed by atoms with van der Waals surface area (Å²) in [6.45, 7) is 4.76. The smallest absolute Gasteiger partial charge is 0.270 e. The van der Waals surface area contributed by atoms with E-state index in [0.717, 1.165) is 35.4 Å². The van der Waals surface area contributed by atoms with Gasteiger partial charge in [0.1, 0.15) is 5.69 Å². The van der Waals surface area contributed by atoms with Crippen LogP contribution >= 0.6 is 0 Å². The Kier molecular flexibility index (Phi) is 6.37. The fourth-order valence-corrected chi connectivity index (χ4v) is 5.46. The highest BCUT2D eigenvalue weighted by Crippen LogP contribution is 2.37. The molecule has 0 saturated carbocycles. The lowest BCUT2D eigenvalue weighted by atomic mass is 9.85. The monoisotopic (exact) mass is 525 g/mol. The van der Waals surface area contributed by atoms with Gasteiger partial charge in [0.2, 0.25) is 5.95 Å². The number of rotatable bonds is 6. The maximum atomic E-state index is 14.1. The number of nitrogens with zero attached hydrogens (tertiary/aromatic N) is 4. The summed E-state index contributed by atoms with van der Waals surface area (Å²) in [5, 5.41) is 13.0. The number of aromatic nitrogens is 3. The highest BCUT2D eigenvalue weighted by molar-refractivity contribution is 5.94. The zero-order valence-electron chi connectivity index (χ0n) is 21.0. The number of carbonyl (C=O) groups excluding carboxylic acids is 1. The Balaban J connectivity index is 1.34. The van der Waals surface area contributed by atoms with Gasteiger partial charge in [0, 0.05) is 44.2 Å². The second kappa shape index (κ2) is 9.72. The number of aliphatic hydroxyl groups excluding tert-OH is 1. The lowest BCUT2D eigenvalue weighted by Gasteiger charge is -2.43. The number of hydrogen-bond acceptors (Lipinski definition) is 7. The summed E-state index contributed by atoms with van der Waals surface area (Å²) in [6.07, 6.45) is 4.58. The maximum absolute atomic E-state index is 14.1. The van der Waals surface area contributed by atoms with Gasteiger partial charge in [0.15, 0.2) is 11.6 Å². The summed E-state index contributed by atoms with van der Waals surface area (Å²) in [5.41, 5.74) is 3.19. The van der Waals surface area contributed by atoms with Crippen LogP contribution in [0.15, 0.2) is 30.6 Å². The highest BCUT2D eigenvalue weighted by Gasteiger charge is 2.45. The van der Waals surface area contributed by atoms with Gasteiger partial charge in [0.05, 0.1) is 43.6 Å². The molecule has 3 aromatic rings. The summed E-state index contributed by atoms with van der Waals surface area (Å²) in [5.74, 6) is -1.77. The quantitative estimate of drug-likeness (QED) is 0.510. The summed E-state index contributed by atoms with van der Waals surface area (Å²) in [6, 6.07) is 4.02. The fraction of sp³-hybridized carbons (Fsp3) is 0.444. The van der Waals surface area contributed by atoms with E-state index in [0.29, 0.717) is 56.7 Å². The zero-order valence-corrected chi connectivity index (χ0v) is 21.0. The van der Waals surface area contributed by atoms with E-state index in [1.165, 1.54) is 0 Å². The molecule has 1 spiro atoms. The molecule has 5 heterocycles. The molecule has 2 fully saturated rings. The molecule has 1 amide bonds. The van der Waals surface area contributed by atoms with Crippen molar-refractivity contribution in [3.63, 3.8) is 0 Å². The van der Waals surface area contributed by atoms with Crippen molar-refractivity contribution in [2.75, 3.05) is 38.3 Å². The van der Waals surface area contributed by atoms with Crippen LogP contribution in [-0.2, 0) is 29.2 Å². The maximum Gasteiger partial charge on any atom is 0.270 e. The molecular formula is C27H29F2N5O4. The standard InChI is InChI=1S/C27H29F2N5O4/c1-16-7-30-26(31-20-2-3-37-11-20)32-24(16)18-6-23-25(36)34(13-27(14-38-15-27)12-33(23)9-18)8-17-4-21(28)22(29)5-19(17)10-35/h4-7,9,20,35H,2-3,8,10-15H2,1H3,(H,30,31,32). The van der Waals surface area contributed by atoms with Crippen molar-refractivity contribution in [2.45, 2.75) is 39.1 Å². The second-order valence-electron chi connectivity index (χ2n) is 10.5. The molecule has 0 bridgehead atoms. The van der Waals surface area contributed by atoms with Crippen LogP contribution in [-0.4, -0.2) is 69.5 Å². The van der Waals surface area contributed by atoms with Gasteiger partial charge in [-0.3, -0.25) is 4.79 Å². The molecule has 0 radical (unpaired) electrons. The molecule has 0 aliphatic carbocycles. The molecule has 200 valence electrons. The van der Waals surface area contributed by atoms with Gasteiger partial charge in [-0.15, -0.1) is 0 Å². The Bertz CT molecular complexity index is 1380. The van der Waals surface area contributed by atoms with Crippen LogP contribution in [0.25, 0.3) is 11.3 Å². The number of ether oxygens (including phenoxy) is 2. The molecule has 11 heteroatoms. The topological polar surface area (TPSA) is 102 Å². The lowest BCUT2D eigenvalue weighted by molar-refractivity contribution is -0.129. The lowest BCUT2D eigenvalue weighted by Crippen LogP contribution is -2.52. The van der Waals surface area contributed by atoms with E-state index >= 15 is 0 Å². The predicted molar refractivity (Wildman–Crippen MR) is 133 cm³/mol. The van der Waals surface area contributed by atoms with Gasteiger partial charge in [-0.2, -0.15) is 0 Å². The molecule has 38 heavy (non-hydrogen) atoms. The van der Waals surface area contributed by atoms with E-state index in [4.69, 9.17) is 14.5 Å². The largest absolute Gasteiger partial charge is 0.392 e. The van der Waals surface area contributed by atoms with Crippen molar-refractivity contribution in [2.24, 2.45) is 5.41 Å². The van der Waals surface area contributed by atoms with Gasteiger partial charge < -0.3 is 29.4 Å². The van der Waals surface area contributed by atoms with E-state index in [2.05, 4.69) is 10.3 Å². The molecule has 3 aliphatic heterocycles. The Morgan fingerprint density at radius 3 is 2.63 bits per heavy atom. The zero-order chi connectivity index (χ0) is 26.4. The minimum Gasteiger partial charge on any atom is -0.392 e. The number of halogens is 2. The minimum absolute atomic E-state index is 0.0399. The van der Waals surface area contributed by atoms with Crippen molar-refractivity contribution in [1.29, 1.82) is 0 Å². The van der Waals surface area contributed by atoms with Crippen molar-refractivity contribution in [3.05, 3.63) is 64.6 Å². The Hall–Kier alpha value is -3.41. The number of nitrogens with one attached hydrogen (secondary N) is 1. The summed E-state index contributed by atoms with van der Waals surface area (Å²) >= 11 is 0. The number of anilines is 1. The first kappa shape index (κ1) is 24.9. The molecule has 2 saturated heterocycles. The number of benzene rings is 1. The third-order valence-corrected chi connectivity index (χ3v) is 7.53.